The average Bonchev–Trinajstić information content (AvgIpc) is 2.87. The lowest BCUT2D eigenvalue weighted by Crippen LogP contribution is -2.39. The number of aryl methyl sites for hydroxylation is 1. The minimum Gasteiger partial charge on any atom is -0.481 e. The molecule has 0 spiro atoms. The zero-order valence-corrected chi connectivity index (χ0v) is 19.1. The monoisotopic (exact) mass is 500 g/mol. The van der Waals surface area contributed by atoms with Gasteiger partial charge in [0, 0.05) is 12.4 Å². The van der Waals surface area contributed by atoms with Gasteiger partial charge < -0.3 is 15.0 Å². The Labute approximate surface area is 203 Å². The molecule has 1 unspecified atom stereocenters. The number of amides is 1. The van der Waals surface area contributed by atoms with Gasteiger partial charge in [0.15, 0.2) is 12.4 Å². The molecular formula is C24H20F4N6O2. The average molecular weight is 500 g/mol. The van der Waals surface area contributed by atoms with Gasteiger partial charge in [0.05, 0.1) is 5.69 Å². The summed E-state index contributed by atoms with van der Waals surface area (Å²) in [5.74, 6) is -0.464. The quantitative estimate of drug-likeness (QED) is 0.284. The second-order valence-corrected chi connectivity index (χ2v) is 7.76. The van der Waals surface area contributed by atoms with Gasteiger partial charge in [-0.25, -0.2) is 27.5 Å². The Morgan fingerprint density at radius 2 is 1.78 bits per heavy atom. The minimum absolute atomic E-state index is 0.112. The third-order valence-electron chi connectivity index (χ3n) is 5.18. The number of rotatable bonds is 8. The second kappa shape index (κ2) is 10.5. The van der Waals surface area contributed by atoms with E-state index in [0.29, 0.717) is 33.7 Å². The molecule has 1 amide bonds. The van der Waals surface area contributed by atoms with Crippen LogP contribution in [0.5, 0.6) is 5.75 Å². The lowest BCUT2D eigenvalue weighted by atomic mass is 10.0. The SMILES string of the molecule is Cc1ccc(N(C)c2ncnc3c(OCC(=O)NC(F)C(F)F)cc(-c4ccc(F)cc4)cc23)nn1. The van der Waals surface area contributed by atoms with Gasteiger partial charge in [-0.3, -0.25) is 4.79 Å². The van der Waals surface area contributed by atoms with Gasteiger partial charge >= 0.3 is 0 Å². The molecule has 1 N–H and O–H groups in total. The highest BCUT2D eigenvalue weighted by Crippen LogP contribution is 2.36. The fraction of sp³-hybridized carbons (Fsp3) is 0.208. The molecular weight excluding hydrogens is 480 g/mol. The Kier molecular flexibility index (Phi) is 7.23. The third-order valence-corrected chi connectivity index (χ3v) is 5.18. The Morgan fingerprint density at radius 1 is 1.03 bits per heavy atom. The maximum absolute atomic E-state index is 13.5. The van der Waals surface area contributed by atoms with E-state index < -0.39 is 31.1 Å². The molecule has 2 heterocycles. The molecule has 186 valence electrons. The van der Waals surface area contributed by atoms with Crippen LogP contribution in [-0.2, 0) is 4.79 Å². The predicted molar refractivity (Wildman–Crippen MR) is 124 cm³/mol. The topological polar surface area (TPSA) is 93.1 Å². The van der Waals surface area contributed by atoms with E-state index >= 15 is 0 Å². The fourth-order valence-corrected chi connectivity index (χ4v) is 3.39. The zero-order chi connectivity index (χ0) is 25.8. The Morgan fingerprint density at radius 3 is 2.44 bits per heavy atom. The molecule has 2 aromatic carbocycles. The summed E-state index contributed by atoms with van der Waals surface area (Å²) in [6, 6.07) is 12.6. The summed E-state index contributed by atoms with van der Waals surface area (Å²) in [5, 5.41) is 10.2. The van der Waals surface area contributed by atoms with E-state index in [1.54, 1.807) is 55.3 Å². The van der Waals surface area contributed by atoms with Crippen molar-refractivity contribution >= 4 is 28.4 Å². The number of alkyl halides is 3. The van der Waals surface area contributed by atoms with Gasteiger partial charge in [-0.05, 0) is 54.4 Å². The summed E-state index contributed by atoms with van der Waals surface area (Å²) < 4.78 is 57.1. The molecule has 0 bridgehead atoms. The first-order valence-electron chi connectivity index (χ1n) is 10.7. The maximum Gasteiger partial charge on any atom is 0.287 e. The fourth-order valence-electron chi connectivity index (χ4n) is 3.39. The van der Waals surface area contributed by atoms with Crippen LogP contribution in [0.3, 0.4) is 0 Å². The molecule has 4 aromatic rings. The molecule has 0 saturated heterocycles. The number of carbonyl (C=O) groups excluding carboxylic acids is 1. The molecule has 36 heavy (non-hydrogen) atoms. The molecule has 0 fully saturated rings. The summed E-state index contributed by atoms with van der Waals surface area (Å²) in [4.78, 5) is 22.3. The van der Waals surface area contributed by atoms with E-state index in [9.17, 15) is 22.4 Å². The molecule has 0 aliphatic carbocycles. The van der Waals surface area contributed by atoms with Crippen molar-refractivity contribution in [3.05, 3.63) is 66.4 Å². The molecule has 0 aliphatic heterocycles. The number of nitrogens with zero attached hydrogens (tertiary/aromatic N) is 5. The standard InChI is InChI=1S/C24H20F4N6O2/c1-13-3-8-19(33-32-13)34(2)24-17-9-15(14-4-6-16(25)7-5-14)10-18(21(17)29-12-30-24)36-11-20(35)31-23(28)22(26)27/h3-10,12,22-23H,11H2,1-2H3,(H,31,35). The number of halogens is 4. The van der Waals surface area contributed by atoms with Gasteiger partial charge in [-0.2, -0.15) is 5.10 Å². The van der Waals surface area contributed by atoms with Crippen LogP contribution in [0.25, 0.3) is 22.0 Å². The van der Waals surface area contributed by atoms with Crippen molar-refractivity contribution < 1.29 is 27.1 Å². The van der Waals surface area contributed by atoms with Gasteiger partial charge in [0.2, 0.25) is 6.30 Å². The highest BCUT2D eigenvalue weighted by molar-refractivity contribution is 5.98. The van der Waals surface area contributed by atoms with E-state index in [1.165, 1.54) is 23.8 Å². The van der Waals surface area contributed by atoms with Crippen molar-refractivity contribution in [1.29, 1.82) is 0 Å². The lowest BCUT2D eigenvalue weighted by Gasteiger charge is -2.20. The van der Waals surface area contributed by atoms with Gasteiger partial charge in [-0.1, -0.05) is 12.1 Å². The Balaban J connectivity index is 1.77. The number of anilines is 2. The van der Waals surface area contributed by atoms with E-state index in [2.05, 4.69) is 20.2 Å². The van der Waals surface area contributed by atoms with Crippen LogP contribution in [0.1, 0.15) is 5.69 Å². The normalized spacial score (nSPS) is 12.0. The molecule has 0 aliphatic rings. The van der Waals surface area contributed by atoms with Crippen LogP contribution in [0, 0.1) is 12.7 Å². The molecule has 1 atom stereocenters. The van der Waals surface area contributed by atoms with Crippen molar-refractivity contribution in [2.24, 2.45) is 0 Å². The molecule has 2 aromatic heterocycles. The summed E-state index contributed by atoms with van der Waals surface area (Å²) in [5.41, 5.74) is 2.24. The van der Waals surface area contributed by atoms with E-state index in [4.69, 9.17) is 4.74 Å². The number of fused-ring (bicyclic) bond motifs is 1. The molecule has 4 rings (SSSR count). The highest BCUT2D eigenvalue weighted by atomic mass is 19.3. The first-order valence-corrected chi connectivity index (χ1v) is 10.7. The smallest absolute Gasteiger partial charge is 0.287 e. The van der Waals surface area contributed by atoms with Crippen molar-refractivity contribution in [3.63, 3.8) is 0 Å². The van der Waals surface area contributed by atoms with Crippen LogP contribution >= 0.6 is 0 Å². The summed E-state index contributed by atoms with van der Waals surface area (Å²) in [6.45, 7) is 1.06. The van der Waals surface area contributed by atoms with Crippen molar-refractivity contribution in [2.75, 3.05) is 18.6 Å². The van der Waals surface area contributed by atoms with Gasteiger partial charge in [0.1, 0.15) is 29.2 Å². The number of hydrogen-bond donors (Lipinski definition) is 1. The van der Waals surface area contributed by atoms with E-state index in [-0.39, 0.29) is 5.75 Å². The summed E-state index contributed by atoms with van der Waals surface area (Å²) in [6.07, 6.45) is -4.90. The summed E-state index contributed by atoms with van der Waals surface area (Å²) >= 11 is 0. The molecule has 0 saturated carbocycles. The second-order valence-electron chi connectivity index (χ2n) is 7.76. The maximum atomic E-state index is 13.5. The lowest BCUT2D eigenvalue weighted by molar-refractivity contribution is -0.127. The van der Waals surface area contributed by atoms with Crippen molar-refractivity contribution in [3.8, 4) is 16.9 Å². The first-order chi connectivity index (χ1) is 17.2. The number of carbonyl (C=O) groups is 1. The number of hydrogen-bond acceptors (Lipinski definition) is 7. The Bertz CT molecular complexity index is 1370. The largest absolute Gasteiger partial charge is 0.481 e. The van der Waals surface area contributed by atoms with E-state index in [0.717, 1.165) is 5.69 Å². The molecule has 12 heteroatoms. The minimum atomic E-state index is -3.37. The van der Waals surface area contributed by atoms with Crippen LogP contribution < -0.4 is 15.0 Å². The first kappa shape index (κ1) is 24.8. The van der Waals surface area contributed by atoms with Gasteiger partial charge in [0.25, 0.3) is 12.3 Å². The number of ether oxygens (including phenoxy) is 1. The number of benzene rings is 2. The number of nitrogens with one attached hydrogen (secondary N) is 1. The van der Waals surface area contributed by atoms with Crippen LogP contribution in [0.15, 0.2) is 54.9 Å². The third kappa shape index (κ3) is 5.48. The van der Waals surface area contributed by atoms with Crippen LogP contribution in [0.4, 0.5) is 29.2 Å². The number of aromatic nitrogens is 4. The van der Waals surface area contributed by atoms with Gasteiger partial charge in [-0.15, -0.1) is 5.10 Å². The van der Waals surface area contributed by atoms with Crippen molar-refractivity contribution in [1.82, 2.24) is 25.5 Å². The van der Waals surface area contributed by atoms with Crippen LogP contribution in [0.2, 0.25) is 0 Å². The molecule has 8 nitrogen and oxygen atoms in total. The predicted octanol–water partition coefficient (Wildman–Crippen LogP) is 4.36. The van der Waals surface area contributed by atoms with Crippen LogP contribution in [-0.4, -0.2) is 52.4 Å². The highest BCUT2D eigenvalue weighted by Gasteiger charge is 2.22. The molecule has 0 radical (unpaired) electrons. The van der Waals surface area contributed by atoms with Crippen molar-refractivity contribution in [2.45, 2.75) is 19.6 Å². The van der Waals surface area contributed by atoms with E-state index in [1.807, 2.05) is 0 Å². The Hall–Kier alpha value is -4.35. The zero-order valence-electron chi connectivity index (χ0n) is 19.1. The summed E-state index contributed by atoms with van der Waals surface area (Å²) in [7, 11) is 1.73.